The average Bonchev–Trinajstić information content (AvgIpc) is 1.98. The molecule has 9 heteroatoms. The first kappa shape index (κ1) is 20.8. The molecule has 0 aromatic heterocycles. The number of hydrogen-bond acceptors (Lipinski definition) is 4. The van der Waals surface area contributed by atoms with Gasteiger partial charge in [-0.25, -0.2) is 0 Å². The summed E-state index contributed by atoms with van der Waals surface area (Å²) in [6.45, 7) is 0. The number of thiol groups is 1. The van der Waals surface area contributed by atoms with Crippen molar-refractivity contribution in [3.05, 3.63) is 0 Å². The van der Waals surface area contributed by atoms with Crippen LogP contribution in [0.2, 0.25) is 0 Å². The van der Waals surface area contributed by atoms with E-state index in [4.69, 9.17) is 21.7 Å². The summed E-state index contributed by atoms with van der Waals surface area (Å²) >= 11 is 7.65. The zero-order chi connectivity index (χ0) is 11.7. The molecule has 0 aromatic carbocycles. The molecule has 0 aliphatic carbocycles. The molecule has 0 aliphatic rings. The second-order valence-corrected chi connectivity index (χ2v) is 3.44. The average molecular weight is 391 g/mol. The van der Waals surface area contributed by atoms with Gasteiger partial charge in [0.05, 0.1) is 0 Å². The van der Waals surface area contributed by atoms with Crippen LogP contribution >= 0.6 is 24.8 Å². The molecule has 0 aromatic rings. The third-order valence-corrected chi connectivity index (χ3v) is 0.986. The first-order valence-electron chi connectivity index (χ1n) is 3.46. The van der Waals surface area contributed by atoms with Crippen molar-refractivity contribution in [3.8, 4) is 0 Å². The number of rotatable bonds is 4. The zero-order valence-electron chi connectivity index (χ0n) is 7.62. The van der Waals surface area contributed by atoms with E-state index in [1.165, 1.54) is 0 Å². The number of hydrogen-bond donors (Lipinski definition) is 5. The van der Waals surface area contributed by atoms with Crippen molar-refractivity contribution in [1.82, 2.24) is 0 Å². The van der Waals surface area contributed by atoms with Gasteiger partial charge in [0.2, 0.25) is 0 Å². The predicted octanol–water partition coefficient (Wildman–Crippen LogP) is -0.577. The van der Waals surface area contributed by atoms with Gasteiger partial charge in [-0.1, -0.05) is 12.2 Å². The molecule has 0 amide bonds. The molecule has 0 aliphatic heterocycles. The van der Waals surface area contributed by atoms with Gasteiger partial charge in [0, 0.05) is 46.8 Å². The molecule has 15 heavy (non-hydrogen) atoms. The van der Waals surface area contributed by atoms with Crippen LogP contribution in [0.15, 0.2) is 0 Å². The van der Waals surface area contributed by atoms with E-state index in [0.717, 1.165) is 0 Å². The Hall–Kier alpha value is 0.478. The van der Waals surface area contributed by atoms with Gasteiger partial charge in [0.25, 0.3) is 0 Å². The van der Waals surface area contributed by atoms with Crippen LogP contribution in [0, 0.1) is 40.4 Å². The predicted molar refractivity (Wildman–Crippen MR) is 58.3 cm³/mol. The fraction of sp³-hybridized carbons (Fsp3) is 0.500. The van der Waals surface area contributed by atoms with E-state index >= 15 is 0 Å². The summed E-state index contributed by atoms with van der Waals surface area (Å²) in [6.07, 6.45) is -0.224. The van der Waals surface area contributed by atoms with E-state index in [-0.39, 0.29) is 57.6 Å². The number of nitrogens with two attached hydrogens (primary N) is 2. The van der Waals surface area contributed by atoms with Gasteiger partial charge in [-0.3, -0.25) is 9.59 Å². The van der Waals surface area contributed by atoms with Crippen LogP contribution in [0.4, 0.5) is 0 Å². The number of thiocarbonyl (C=S) groups is 1. The number of carboxylic acids is 2. The second-order valence-electron chi connectivity index (χ2n) is 2.22. The Morgan fingerprint density at radius 3 is 1.93 bits per heavy atom. The van der Waals surface area contributed by atoms with E-state index < -0.39 is 18.0 Å². The monoisotopic (exact) mass is 392 g/mol. The summed E-state index contributed by atoms with van der Waals surface area (Å²) in [4.78, 5) is 19.9. The molecule has 0 bridgehead atoms. The topological polar surface area (TPSA) is 127 Å². The normalized spacial score (nSPS) is 10.0. The minimum atomic E-state index is -1.17. The van der Waals surface area contributed by atoms with Gasteiger partial charge in [0.1, 0.15) is 10.4 Å². The summed E-state index contributed by atoms with van der Waals surface area (Å²) < 4.78 is 0.194. The van der Waals surface area contributed by atoms with Crippen molar-refractivity contribution in [2.24, 2.45) is 11.5 Å². The molecule has 1 atom stereocenters. The van der Waals surface area contributed by atoms with Crippen molar-refractivity contribution in [2.75, 3.05) is 0 Å². The molecule has 0 unspecified atom stereocenters. The van der Waals surface area contributed by atoms with E-state index in [1.807, 2.05) is 0 Å². The van der Waals surface area contributed by atoms with Crippen molar-refractivity contribution < 1.29 is 60.2 Å². The molecule has 6 N–H and O–H groups in total. The molecular formula is C6H12N2O4S2Sm. The third kappa shape index (κ3) is 25.1. The van der Waals surface area contributed by atoms with Crippen molar-refractivity contribution in [3.63, 3.8) is 0 Å². The van der Waals surface area contributed by atoms with Crippen LogP contribution in [-0.2, 0) is 9.59 Å². The first-order chi connectivity index (χ1) is 6.27. The molecule has 0 fully saturated rings. The summed E-state index contributed by atoms with van der Waals surface area (Å²) in [5, 5.41) is 16.3. The largest absolute Gasteiger partial charge is 0.481 e. The molecule has 0 rings (SSSR count). The van der Waals surface area contributed by atoms with Crippen LogP contribution < -0.4 is 11.5 Å². The second kappa shape index (κ2) is 12.5. The van der Waals surface area contributed by atoms with Gasteiger partial charge in [-0.05, 0) is 6.42 Å². The maximum atomic E-state index is 9.99. The van der Waals surface area contributed by atoms with Crippen molar-refractivity contribution >= 4 is 41.1 Å². The third-order valence-electron chi connectivity index (χ3n) is 0.986. The number of carbonyl (C=O) groups is 2. The van der Waals surface area contributed by atoms with Gasteiger partial charge >= 0.3 is 11.9 Å². The summed E-state index contributed by atoms with van der Waals surface area (Å²) in [5.74, 6) is -2.20. The summed E-state index contributed by atoms with van der Waals surface area (Å²) in [6, 6.07) is -1.06. The van der Waals surface area contributed by atoms with Gasteiger partial charge in [-0.15, -0.1) is 12.6 Å². The fourth-order valence-corrected chi connectivity index (χ4v) is 0.402. The molecular weight excluding hydrogens is 379 g/mol. The van der Waals surface area contributed by atoms with E-state index in [1.54, 1.807) is 0 Å². The Morgan fingerprint density at radius 1 is 1.40 bits per heavy atom. The Bertz CT molecular complexity index is 223. The molecule has 0 saturated heterocycles. The minimum absolute atomic E-state index is 0. The quantitative estimate of drug-likeness (QED) is 0.321. The first-order valence-corrected chi connectivity index (χ1v) is 4.31. The van der Waals surface area contributed by atoms with Crippen LogP contribution in [-0.4, -0.2) is 32.5 Å². The summed E-state index contributed by atoms with van der Waals surface area (Å²) in [7, 11) is 0. The molecule has 0 saturated carbocycles. The number of aliphatic carboxylic acids is 2. The maximum Gasteiger partial charge on any atom is 0.320 e. The Kier molecular flexibility index (Phi) is 17.4. The van der Waals surface area contributed by atoms with Crippen LogP contribution in [0.5, 0.6) is 0 Å². The van der Waals surface area contributed by atoms with Crippen molar-refractivity contribution in [2.45, 2.75) is 18.9 Å². The molecule has 0 heterocycles. The van der Waals surface area contributed by atoms with Crippen LogP contribution in [0.3, 0.4) is 0 Å². The number of carboxylic acid groups (broad SMARTS) is 2. The Balaban J connectivity index is -0.000000249. The maximum absolute atomic E-state index is 9.99. The van der Waals surface area contributed by atoms with Gasteiger partial charge in [0.15, 0.2) is 0 Å². The van der Waals surface area contributed by atoms with Crippen LogP contribution in [0.1, 0.15) is 12.8 Å². The SMILES string of the molecule is NC(=S)S.N[C@@H](CCC(=O)O)C(=O)O.[Sm]. The van der Waals surface area contributed by atoms with E-state index in [2.05, 4.69) is 24.8 Å². The smallest absolute Gasteiger partial charge is 0.320 e. The summed E-state index contributed by atoms with van der Waals surface area (Å²) in [5.41, 5.74) is 9.71. The zero-order valence-corrected chi connectivity index (χ0v) is 12.0. The molecule has 0 radical (unpaired) electrons. The Morgan fingerprint density at radius 2 is 1.73 bits per heavy atom. The molecule has 6 nitrogen and oxygen atoms in total. The molecule has 88 valence electrons. The Labute approximate surface area is 130 Å². The van der Waals surface area contributed by atoms with Gasteiger partial charge in [-0.2, -0.15) is 0 Å². The van der Waals surface area contributed by atoms with Crippen molar-refractivity contribution in [1.29, 1.82) is 0 Å². The van der Waals surface area contributed by atoms with E-state index in [9.17, 15) is 9.59 Å². The minimum Gasteiger partial charge on any atom is -0.481 e. The van der Waals surface area contributed by atoms with Gasteiger partial charge < -0.3 is 21.7 Å². The standard InChI is InChI=1S/C5H9NO4.CH3NS2.Sm/c6-3(5(9)10)1-2-4(7)8;2-1(3)4;/h3H,1-2,6H2,(H,7,8)(H,9,10);(H3,2,3,4);/t3-;;/m0../s1. The van der Waals surface area contributed by atoms with E-state index in [0.29, 0.717) is 0 Å². The molecule has 0 spiro atoms. The van der Waals surface area contributed by atoms with Crippen LogP contribution in [0.25, 0.3) is 0 Å². The fourth-order valence-electron chi connectivity index (χ4n) is 0.402.